The molecule has 0 radical (unpaired) electrons. The fourth-order valence-electron chi connectivity index (χ4n) is 4.45. The van der Waals surface area contributed by atoms with Crippen LogP contribution in [-0.2, 0) is 6.42 Å². The second kappa shape index (κ2) is 31.0. The molecule has 0 bridgehead atoms. The molecule has 0 fully saturated rings. The first-order valence-corrected chi connectivity index (χ1v) is 16.1. The van der Waals surface area contributed by atoms with Crippen molar-refractivity contribution in [1.29, 1.82) is 0 Å². The molecule has 0 spiro atoms. The Kier molecular flexibility index (Phi) is 31.1. The molecular formula is C35H58BF4O-. The molecule has 0 aromatic heterocycles. The van der Waals surface area contributed by atoms with Crippen molar-refractivity contribution in [3.63, 3.8) is 0 Å². The molecule has 1 nitrogen and oxygen atoms in total. The lowest BCUT2D eigenvalue weighted by Crippen LogP contribution is -3.00. The zero-order valence-corrected chi connectivity index (χ0v) is 26.6. The number of hydrogen-bond donors (Lipinski definition) is 0. The van der Waals surface area contributed by atoms with E-state index in [0.717, 1.165) is 12.4 Å². The molecule has 0 aliphatic carbocycles. The summed E-state index contributed by atoms with van der Waals surface area (Å²) in [6.45, 7) is 9.66. The van der Waals surface area contributed by atoms with Crippen molar-refractivity contribution < 1.29 is 22.4 Å². The van der Waals surface area contributed by atoms with Gasteiger partial charge in [0.15, 0.2) is 0 Å². The van der Waals surface area contributed by atoms with E-state index < -0.39 is 7.54 Å². The van der Waals surface area contributed by atoms with Gasteiger partial charge in [0, 0.05) is 0 Å². The topological polar surface area (TPSA) is 9.23 Å². The Balaban J connectivity index is 0. The number of halogens is 4. The predicted octanol–water partition coefficient (Wildman–Crippen LogP) is 9.47. The normalized spacial score (nSPS) is 10.0. The number of ether oxygens (including phenoxy) is 1. The average Bonchev–Trinajstić information content (AvgIpc) is 2.93. The fraction of sp³-hybridized carbons (Fsp3) is 0.657. The maximum atomic E-state index is 9.67. The molecular weight excluding hydrogens is 523 g/mol. The molecule has 6 heteroatoms. The molecule has 0 saturated heterocycles. The van der Waals surface area contributed by atoms with Crippen molar-refractivity contribution in [2.24, 2.45) is 0 Å². The van der Waals surface area contributed by atoms with Gasteiger partial charge in [0.2, 0.25) is 0 Å². The Hall–Kier alpha value is -1.98. The third-order valence-corrected chi connectivity index (χ3v) is 6.98. The van der Waals surface area contributed by atoms with Crippen molar-refractivity contribution in [3.8, 4) is 5.75 Å². The Morgan fingerprint density at radius 3 is 1.27 bits per heavy atom. The van der Waals surface area contributed by atoms with Crippen LogP contribution in [0.25, 0.3) is 0 Å². The number of aryl methyl sites for hydroxylation is 3. The van der Waals surface area contributed by atoms with Crippen LogP contribution in [-0.4, -0.2) is 14.2 Å². The summed E-state index contributed by atoms with van der Waals surface area (Å²) in [6.07, 6.45) is 24.8. The van der Waals surface area contributed by atoms with E-state index in [2.05, 4.69) is 76.2 Å². The predicted molar refractivity (Wildman–Crippen MR) is 170 cm³/mol. The van der Waals surface area contributed by atoms with E-state index in [1.165, 1.54) is 132 Å². The fourth-order valence-corrected chi connectivity index (χ4v) is 4.45. The van der Waals surface area contributed by atoms with E-state index in [1.54, 1.807) is 0 Å². The smallest absolute Gasteiger partial charge is 0.762 e. The maximum absolute atomic E-state index is 9.67. The number of unbranched alkanes of at least 4 members (excludes halogenated alkanes) is 15. The molecule has 2 aromatic rings. The van der Waals surface area contributed by atoms with E-state index in [9.17, 15) is 12.9 Å². The molecule has 0 saturated carbocycles. The molecule has 2 rings (SSSR count). The summed E-state index contributed by atoms with van der Waals surface area (Å²) in [7, 11) is -3.67. The van der Waals surface area contributed by atoms with E-state index in [-0.39, 0.29) is 4.70 Å². The van der Waals surface area contributed by atoms with Crippen LogP contribution >= 0.6 is 0 Å². The monoisotopic (exact) mass is 581 g/mol. The first-order chi connectivity index (χ1) is 19.4. The van der Waals surface area contributed by atoms with Gasteiger partial charge in [0.05, 0.1) is 6.61 Å². The van der Waals surface area contributed by atoms with Crippen molar-refractivity contribution in [3.05, 3.63) is 65.2 Å². The summed E-state index contributed by atoms with van der Waals surface area (Å²) in [5, 5.41) is 0. The second-order valence-electron chi connectivity index (χ2n) is 10.9. The van der Waals surface area contributed by atoms with Crippen molar-refractivity contribution in [2.45, 2.75) is 143 Å². The molecule has 2 aromatic carbocycles. The number of benzene rings is 2. The van der Waals surface area contributed by atoms with Crippen LogP contribution in [0.4, 0.5) is 12.9 Å². The molecule has 0 unspecified atom stereocenters. The van der Waals surface area contributed by atoms with Gasteiger partial charge in [0.25, 0.3) is 0 Å². The minimum Gasteiger partial charge on any atom is -1.00 e. The van der Waals surface area contributed by atoms with Crippen LogP contribution in [0.5, 0.6) is 5.75 Å². The van der Waals surface area contributed by atoms with Gasteiger partial charge in [-0.25, -0.2) is 0 Å². The Labute approximate surface area is 250 Å². The molecule has 236 valence electrons. The van der Waals surface area contributed by atoms with Gasteiger partial charge in [-0.1, -0.05) is 158 Å². The summed E-state index contributed by atoms with van der Waals surface area (Å²) in [6, 6.07) is 17.3. The molecule has 0 amide bonds. The zero-order chi connectivity index (χ0) is 29.7. The van der Waals surface area contributed by atoms with Crippen LogP contribution in [0.2, 0.25) is 0 Å². The minimum atomic E-state index is -3.67. The lowest BCUT2D eigenvalue weighted by Gasteiger charge is -2.06. The molecule has 41 heavy (non-hydrogen) atoms. The van der Waals surface area contributed by atoms with Crippen LogP contribution < -0.4 is 9.44 Å². The third kappa shape index (κ3) is 30.8. The maximum Gasteiger partial charge on any atom is 0.762 e. The quantitative estimate of drug-likeness (QED) is 0.0860. The summed E-state index contributed by atoms with van der Waals surface area (Å²) in [4.78, 5) is 0. The van der Waals surface area contributed by atoms with E-state index in [0.29, 0.717) is 0 Å². The average molecular weight is 582 g/mol. The minimum absolute atomic E-state index is 0. The highest BCUT2D eigenvalue weighted by Gasteiger charge is 2.06. The lowest BCUT2D eigenvalue weighted by atomic mass is 10.0. The van der Waals surface area contributed by atoms with Crippen molar-refractivity contribution >= 4 is 7.54 Å². The third-order valence-electron chi connectivity index (χ3n) is 6.98. The lowest BCUT2D eigenvalue weighted by molar-refractivity contribution is -0.0000120. The van der Waals surface area contributed by atoms with E-state index >= 15 is 0 Å². The van der Waals surface area contributed by atoms with Gasteiger partial charge in [-0.05, 0) is 50.8 Å². The van der Waals surface area contributed by atoms with Crippen LogP contribution in [0.15, 0.2) is 48.5 Å². The van der Waals surface area contributed by atoms with Crippen molar-refractivity contribution in [1.82, 2.24) is 0 Å². The first kappa shape index (κ1) is 41.2. The van der Waals surface area contributed by atoms with Crippen molar-refractivity contribution in [2.75, 3.05) is 6.61 Å². The molecule has 0 aliphatic rings. The van der Waals surface area contributed by atoms with Crippen LogP contribution in [0, 0.1) is 13.8 Å². The van der Waals surface area contributed by atoms with Crippen LogP contribution in [0.1, 0.15) is 140 Å². The highest BCUT2D eigenvalue weighted by molar-refractivity contribution is 6.33. The van der Waals surface area contributed by atoms with Gasteiger partial charge in [-0.15, -0.1) is 0 Å². The highest BCUT2D eigenvalue weighted by atomic mass is 19.4. The summed E-state index contributed by atoms with van der Waals surface area (Å²) >= 11 is 0. The van der Waals surface area contributed by atoms with Crippen LogP contribution in [0.3, 0.4) is 0 Å². The highest BCUT2D eigenvalue weighted by Crippen LogP contribution is 2.14. The summed E-state index contributed by atoms with van der Waals surface area (Å²) < 4.78 is 34.7. The Morgan fingerprint density at radius 2 is 0.854 bits per heavy atom. The van der Waals surface area contributed by atoms with Gasteiger partial charge < -0.3 is 9.44 Å². The largest absolute Gasteiger partial charge is 1.00 e. The second-order valence-corrected chi connectivity index (χ2v) is 10.9. The standard InChI is InChI=1S/C19H32.C16H26O.BF3.FH/c1-3-4-5-6-7-8-9-10-11-12-13-19-16-14-18(2)15-17-19;1-3-4-5-6-7-8-9-14-17-16-12-10-15(2)11-13-16;2-1(3)4;/h14-17H,3-13H2,1-2H3;10-13H,3-9,14H2,1-2H3;;1H/p-1. The van der Waals surface area contributed by atoms with Gasteiger partial charge >= 0.3 is 7.54 Å². The van der Waals surface area contributed by atoms with Gasteiger partial charge in [-0.2, -0.15) is 0 Å². The first-order valence-electron chi connectivity index (χ1n) is 16.1. The van der Waals surface area contributed by atoms with Gasteiger partial charge in [0.1, 0.15) is 5.75 Å². The SMILES string of the molecule is CCCCCCCCCCCCc1ccc(C)cc1.CCCCCCCCCOc1ccc(C)cc1.FB(F)F.[F-]. The summed E-state index contributed by atoms with van der Waals surface area (Å²) in [5.74, 6) is 1.00. The summed E-state index contributed by atoms with van der Waals surface area (Å²) in [5.41, 5.74) is 4.16. The number of rotatable bonds is 20. The van der Waals surface area contributed by atoms with Gasteiger partial charge in [-0.3, -0.25) is 12.9 Å². The zero-order valence-electron chi connectivity index (χ0n) is 26.6. The molecule has 0 aliphatic heterocycles. The Bertz CT molecular complexity index is 766. The molecule has 0 N–H and O–H groups in total. The molecule has 0 heterocycles. The Morgan fingerprint density at radius 1 is 0.512 bits per heavy atom. The van der Waals surface area contributed by atoms with E-state index in [1.807, 2.05) is 0 Å². The number of hydrogen-bond acceptors (Lipinski definition) is 1. The molecule has 0 atom stereocenters. The van der Waals surface area contributed by atoms with E-state index in [4.69, 9.17) is 4.74 Å².